The van der Waals surface area contributed by atoms with Gasteiger partial charge in [0.2, 0.25) is 0 Å². The highest BCUT2D eigenvalue weighted by molar-refractivity contribution is 5.79. The van der Waals surface area contributed by atoms with Gasteiger partial charge < -0.3 is 15.7 Å². The molecule has 122 valence electrons. The van der Waals surface area contributed by atoms with E-state index in [9.17, 15) is 23.1 Å². The first kappa shape index (κ1) is 16.5. The van der Waals surface area contributed by atoms with Crippen LogP contribution in [0.3, 0.4) is 0 Å². The summed E-state index contributed by atoms with van der Waals surface area (Å²) in [4.78, 5) is 13.3. The number of nitrogens with two attached hydrogens (primary N) is 1. The van der Waals surface area contributed by atoms with Crippen molar-refractivity contribution in [2.75, 3.05) is 19.6 Å². The number of carboxylic acid groups (broad SMARTS) is 1. The van der Waals surface area contributed by atoms with Crippen LogP contribution in [0.1, 0.15) is 38.5 Å². The average Bonchev–Trinajstić information content (AvgIpc) is 2.79. The van der Waals surface area contributed by atoms with Gasteiger partial charge in [-0.25, -0.2) is 0 Å². The maximum absolute atomic E-state index is 12.6. The van der Waals surface area contributed by atoms with Gasteiger partial charge in [-0.15, -0.1) is 0 Å². The molecule has 0 amide bonds. The van der Waals surface area contributed by atoms with Crippen molar-refractivity contribution in [2.45, 2.75) is 50.2 Å². The van der Waals surface area contributed by atoms with Crippen molar-refractivity contribution in [1.29, 1.82) is 0 Å². The van der Waals surface area contributed by atoms with Crippen LogP contribution in [0.4, 0.5) is 13.2 Å². The van der Waals surface area contributed by atoms with Crippen LogP contribution < -0.4 is 5.73 Å². The Kier molecular flexibility index (Phi) is 4.82. The molecule has 7 heteroatoms. The van der Waals surface area contributed by atoms with Crippen LogP contribution in [0.15, 0.2) is 0 Å². The molecule has 1 saturated carbocycles. The summed E-state index contributed by atoms with van der Waals surface area (Å²) in [6.07, 6.45) is -1.07. The summed E-state index contributed by atoms with van der Waals surface area (Å²) in [5.41, 5.74) is 4.83. The van der Waals surface area contributed by atoms with Gasteiger partial charge in [0.1, 0.15) is 5.54 Å². The SMILES string of the molecule is NC1(C(=O)O)CCCC1CCN1CCC(C(F)(F)F)CC1. The third-order valence-corrected chi connectivity index (χ3v) is 5.11. The molecule has 2 atom stereocenters. The molecule has 2 aliphatic rings. The Morgan fingerprint density at radius 1 is 1.29 bits per heavy atom. The van der Waals surface area contributed by atoms with Crippen molar-refractivity contribution < 1.29 is 23.1 Å². The van der Waals surface area contributed by atoms with E-state index in [1.54, 1.807) is 0 Å². The van der Waals surface area contributed by atoms with E-state index in [1.165, 1.54) is 0 Å². The quantitative estimate of drug-likeness (QED) is 0.836. The molecule has 1 heterocycles. The molecule has 0 bridgehead atoms. The minimum absolute atomic E-state index is 0.0738. The molecule has 21 heavy (non-hydrogen) atoms. The molecule has 1 aliphatic heterocycles. The zero-order chi connectivity index (χ0) is 15.7. The highest BCUT2D eigenvalue weighted by Gasteiger charge is 2.46. The average molecular weight is 308 g/mol. The van der Waals surface area contributed by atoms with Gasteiger partial charge in [-0.1, -0.05) is 6.42 Å². The molecule has 2 rings (SSSR count). The second-order valence-corrected chi connectivity index (χ2v) is 6.38. The van der Waals surface area contributed by atoms with Crippen molar-refractivity contribution in [3.8, 4) is 0 Å². The third kappa shape index (κ3) is 3.69. The van der Waals surface area contributed by atoms with E-state index in [4.69, 9.17) is 5.73 Å². The van der Waals surface area contributed by atoms with Crippen LogP contribution in [-0.2, 0) is 4.79 Å². The Balaban J connectivity index is 1.79. The number of piperidine rings is 1. The summed E-state index contributed by atoms with van der Waals surface area (Å²) < 4.78 is 37.8. The van der Waals surface area contributed by atoms with Crippen LogP contribution in [0.2, 0.25) is 0 Å². The lowest BCUT2D eigenvalue weighted by Crippen LogP contribution is -2.51. The molecule has 0 radical (unpaired) electrons. The Bertz CT molecular complexity index is 381. The van der Waals surface area contributed by atoms with E-state index < -0.39 is 23.6 Å². The standard InChI is InChI=1S/C14H23F3N2O2/c15-14(16,17)11-4-8-19(9-5-11)7-3-10-2-1-6-13(10,18)12(20)21/h10-11H,1-9,18H2,(H,20,21). The monoisotopic (exact) mass is 308 g/mol. The Labute approximate surface area is 122 Å². The number of hydrogen-bond acceptors (Lipinski definition) is 3. The van der Waals surface area contributed by atoms with Gasteiger partial charge >= 0.3 is 12.1 Å². The van der Waals surface area contributed by atoms with E-state index in [-0.39, 0.29) is 18.8 Å². The Hall–Kier alpha value is -0.820. The van der Waals surface area contributed by atoms with Crippen LogP contribution >= 0.6 is 0 Å². The fourth-order valence-corrected chi connectivity index (χ4v) is 3.61. The number of alkyl halides is 3. The van der Waals surface area contributed by atoms with Gasteiger partial charge in [0.25, 0.3) is 0 Å². The largest absolute Gasteiger partial charge is 0.480 e. The van der Waals surface area contributed by atoms with E-state index in [2.05, 4.69) is 0 Å². The second-order valence-electron chi connectivity index (χ2n) is 6.38. The molecule has 1 aliphatic carbocycles. The van der Waals surface area contributed by atoms with Gasteiger partial charge in [-0.05, 0) is 57.7 Å². The summed E-state index contributed by atoms with van der Waals surface area (Å²) in [6.45, 7) is 1.50. The summed E-state index contributed by atoms with van der Waals surface area (Å²) in [7, 11) is 0. The number of hydrogen-bond donors (Lipinski definition) is 2. The van der Waals surface area contributed by atoms with Crippen molar-refractivity contribution in [1.82, 2.24) is 4.90 Å². The smallest absolute Gasteiger partial charge is 0.391 e. The van der Waals surface area contributed by atoms with Gasteiger partial charge in [0.05, 0.1) is 5.92 Å². The number of aliphatic carboxylic acids is 1. The molecule has 0 aromatic carbocycles. The number of carboxylic acids is 1. The molecule has 1 saturated heterocycles. The number of nitrogens with zero attached hydrogens (tertiary/aromatic N) is 1. The molecule has 4 nitrogen and oxygen atoms in total. The lowest BCUT2D eigenvalue weighted by atomic mass is 9.85. The topological polar surface area (TPSA) is 66.6 Å². The maximum atomic E-state index is 12.6. The highest BCUT2D eigenvalue weighted by Crippen LogP contribution is 2.37. The predicted octanol–water partition coefficient (Wildman–Crippen LogP) is 2.23. The highest BCUT2D eigenvalue weighted by atomic mass is 19.4. The third-order valence-electron chi connectivity index (χ3n) is 5.11. The zero-order valence-electron chi connectivity index (χ0n) is 12.0. The number of carbonyl (C=O) groups is 1. The summed E-state index contributed by atoms with van der Waals surface area (Å²) in [5.74, 6) is -2.22. The van der Waals surface area contributed by atoms with Crippen LogP contribution in [-0.4, -0.2) is 47.3 Å². The van der Waals surface area contributed by atoms with Crippen molar-refractivity contribution in [3.63, 3.8) is 0 Å². The Morgan fingerprint density at radius 3 is 2.43 bits per heavy atom. The number of likely N-dealkylation sites (tertiary alicyclic amines) is 1. The van der Waals surface area contributed by atoms with Crippen LogP contribution in [0.5, 0.6) is 0 Å². The van der Waals surface area contributed by atoms with E-state index in [0.29, 0.717) is 32.5 Å². The summed E-state index contributed by atoms with van der Waals surface area (Å²) in [5, 5.41) is 9.24. The first-order valence-electron chi connectivity index (χ1n) is 7.55. The molecule has 2 unspecified atom stereocenters. The van der Waals surface area contributed by atoms with E-state index in [0.717, 1.165) is 12.8 Å². The van der Waals surface area contributed by atoms with Crippen molar-refractivity contribution in [2.24, 2.45) is 17.6 Å². The number of rotatable bonds is 4. The van der Waals surface area contributed by atoms with Gasteiger partial charge in [-0.2, -0.15) is 13.2 Å². The fourth-order valence-electron chi connectivity index (χ4n) is 3.61. The molecular weight excluding hydrogens is 285 g/mol. The molecule has 0 aromatic heterocycles. The van der Waals surface area contributed by atoms with E-state index >= 15 is 0 Å². The van der Waals surface area contributed by atoms with Crippen molar-refractivity contribution >= 4 is 5.97 Å². The number of halogens is 3. The minimum Gasteiger partial charge on any atom is -0.480 e. The van der Waals surface area contributed by atoms with Crippen molar-refractivity contribution in [3.05, 3.63) is 0 Å². The molecule has 2 fully saturated rings. The van der Waals surface area contributed by atoms with Crippen LogP contribution in [0, 0.1) is 11.8 Å². The second kappa shape index (κ2) is 6.12. The summed E-state index contributed by atoms with van der Waals surface area (Å²) >= 11 is 0. The van der Waals surface area contributed by atoms with Gasteiger partial charge in [0.15, 0.2) is 0 Å². The normalized spacial score (nSPS) is 32.5. The van der Waals surface area contributed by atoms with E-state index in [1.807, 2.05) is 4.90 Å². The lowest BCUT2D eigenvalue weighted by molar-refractivity contribution is -0.185. The first-order chi connectivity index (χ1) is 9.73. The fraction of sp³-hybridized carbons (Fsp3) is 0.929. The lowest BCUT2D eigenvalue weighted by Gasteiger charge is -2.34. The minimum atomic E-state index is -4.09. The summed E-state index contributed by atoms with van der Waals surface area (Å²) in [6, 6.07) is 0. The molecule has 0 spiro atoms. The predicted molar refractivity (Wildman–Crippen MR) is 71.7 cm³/mol. The van der Waals surface area contributed by atoms with Crippen LogP contribution in [0.25, 0.3) is 0 Å². The Morgan fingerprint density at radius 2 is 1.90 bits per heavy atom. The molecule has 0 aromatic rings. The zero-order valence-corrected chi connectivity index (χ0v) is 12.0. The molecular formula is C14H23F3N2O2. The molecule has 3 N–H and O–H groups in total. The maximum Gasteiger partial charge on any atom is 0.391 e. The van der Waals surface area contributed by atoms with Gasteiger partial charge in [-0.3, -0.25) is 4.79 Å². The van der Waals surface area contributed by atoms with Gasteiger partial charge in [0, 0.05) is 0 Å². The first-order valence-corrected chi connectivity index (χ1v) is 7.55.